The maximum Gasteiger partial charge on any atom is 0.163 e. The molecule has 0 radical (unpaired) electrons. The molecule has 4 nitrogen and oxygen atoms in total. The molecule has 2 heterocycles. The van der Waals surface area contributed by atoms with Crippen molar-refractivity contribution in [1.29, 1.82) is 0 Å². The van der Waals surface area contributed by atoms with Crippen molar-refractivity contribution in [2.75, 3.05) is 31.6 Å². The van der Waals surface area contributed by atoms with Gasteiger partial charge in [-0.1, -0.05) is 0 Å². The standard InChI is InChI=1S/C15H22N2O2/c1-3-12(6-8-16-7-1)17-13-4-5-14-15(11-13)19-10-2-9-18-14/h4-5,11-12,16-17H,1-3,6-10H2. The number of hydrogen-bond donors (Lipinski definition) is 2. The van der Waals surface area contributed by atoms with Crippen LogP contribution >= 0.6 is 0 Å². The zero-order chi connectivity index (χ0) is 12.9. The highest BCUT2D eigenvalue weighted by atomic mass is 16.5. The molecule has 0 amide bonds. The Morgan fingerprint density at radius 1 is 1.00 bits per heavy atom. The van der Waals surface area contributed by atoms with E-state index in [1.54, 1.807) is 0 Å². The maximum absolute atomic E-state index is 5.73. The van der Waals surface area contributed by atoms with E-state index in [4.69, 9.17) is 9.47 Å². The van der Waals surface area contributed by atoms with Crippen LogP contribution in [-0.2, 0) is 0 Å². The summed E-state index contributed by atoms with van der Waals surface area (Å²) in [6.45, 7) is 3.72. The highest BCUT2D eigenvalue weighted by Gasteiger charge is 2.14. The third-order valence-electron chi connectivity index (χ3n) is 3.69. The second-order valence-electron chi connectivity index (χ2n) is 5.23. The summed E-state index contributed by atoms with van der Waals surface area (Å²) in [5.74, 6) is 1.74. The summed E-state index contributed by atoms with van der Waals surface area (Å²) in [7, 11) is 0. The monoisotopic (exact) mass is 262 g/mol. The van der Waals surface area contributed by atoms with Crippen LogP contribution in [0.5, 0.6) is 11.5 Å². The van der Waals surface area contributed by atoms with Gasteiger partial charge in [0.1, 0.15) is 0 Å². The summed E-state index contributed by atoms with van der Waals surface area (Å²) in [5.41, 5.74) is 1.14. The van der Waals surface area contributed by atoms with E-state index in [0.717, 1.165) is 49.9 Å². The Bertz CT molecular complexity index is 415. The van der Waals surface area contributed by atoms with Gasteiger partial charge in [-0.25, -0.2) is 0 Å². The van der Waals surface area contributed by atoms with E-state index in [-0.39, 0.29) is 0 Å². The van der Waals surface area contributed by atoms with Crippen LogP contribution in [0.15, 0.2) is 18.2 Å². The lowest BCUT2D eigenvalue weighted by Gasteiger charge is -2.18. The van der Waals surface area contributed by atoms with Gasteiger partial charge in [-0.2, -0.15) is 0 Å². The Hall–Kier alpha value is -1.42. The van der Waals surface area contributed by atoms with Crippen molar-refractivity contribution < 1.29 is 9.47 Å². The molecule has 0 saturated carbocycles. The molecule has 3 rings (SSSR count). The second kappa shape index (κ2) is 6.15. The molecule has 0 bridgehead atoms. The van der Waals surface area contributed by atoms with Crippen LogP contribution in [0.1, 0.15) is 25.7 Å². The molecule has 104 valence electrons. The largest absolute Gasteiger partial charge is 0.490 e. The van der Waals surface area contributed by atoms with Crippen molar-refractivity contribution in [2.24, 2.45) is 0 Å². The Morgan fingerprint density at radius 3 is 2.84 bits per heavy atom. The van der Waals surface area contributed by atoms with Crippen LogP contribution in [0.2, 0.25) is 0 Å². The van der Waals surface area contributed by atoms with E-state index < -0.39 is 0 Å². The minimum atomic E-state index is 0.555. The highest BCUT2D eigenvalue weighted by Crippen LogP contribution is 2.32. The lowest BCUT2D eigenvalue weighted by Crippen LogP contribution is -2.21. The van der Waals surface area contributed by atoms with Gasteiger partial charge in [-0.3, -0.25) is 0 Å². The molecule has 1 aromatic carbocycles. The lowest BCUT2D eigenvalue weighted by atomic mass is 10.1. The van der Waals surface area contributed by atoms with Gasteiger partial charge in [0.2, 0.25) is 0 Å². The van der Waals surface area contributed by atoms with Gasteiger partial charge in [0, 0.05) is 24.2 Å². The molecule has 19 heavy (non-hydrogen) atoms. The van der Waals surface area contributed by atoms with Crippen LogP contribution in [0.3, 0.4) is 0 Å². The Labute approximate surface area is 114 Å². The molecule has 2 aliphatic rings. The highest BCUT2D eigenvalue weighted by molar-refractivity contribution is 5.55. The molecule has 2 aliphatic heterocycles. The van der Waals surface area contributed by atoms with Crippen molar-refractivity contribution >= 4 is 5.69 Å². The van der Waals surface area contributed by atoms with Crippen LogP contribution in [0, 0.1) is 0 Å². The van der Waals surface area contributed by atoms with Crippen molar-refractivity contribution in [3.8, 4) is 11.5 Å². The predicted molar refractivity (Wildman–Crippen MR) is 76.2 cm³/mol. The number of benzene rings is 1. The van der Waals surface area contributed by atoms with Gasteiger partial charge in [0.15, 0.2) is 11.5 Å². The summed E-state index contributed by atoms with van der Waals surface area (Å²) < 4.78 is 11.4. The zero-order valence-electron chi connectivity index (χ0n) is 11.3. The lowest BCUT2D eigenvalue weighted by molar-refractivity contribution is 0.297. The summed E-state index contributed by atoms with van der Waals surface area (Å²) >= 11 is 0. The number of fused-ring (bicyclic) bond motifs is 1. The maximum atomic E-state index is 5.73. The first kappa shape index (κ1) is 12.6. The second-order valence-corrected chi connectivity index (χ2v) is 5.23. The van der Waals surface area contributed by atoms with Gasteiger partial charge in [0.05, 0.1) is 13.2 Å². The molecule has 1 atom stereocenters. The van der Waals surface area contributed by atoms with Crippen molar-refractivity contribution in [2.45, 2.75) is 31.7 Å². The molecule has 0 aromatic heterocycles. The summed E-state index contributed by atoms with van der Waals surface area (Å²) in [6, 6.07) is 6.72. The molecule has 1 unspecified atom stereocenters. The molecular formula is C15H22N2O2. The molecule has 0 aliphatic carbocycles. The number of ether oxygens (including phenoxy) is 2. The van der Waals surface area contributed by atoms with Gasteiger partial charge in [0.25, 0.3) is 0 Å². The third kappa shape index (κ3) is 3.32. The van der Waals surface area contributed by atoms with E-state index >= 15 is 0 Å². The van der Waals surface area contributed by atoms with Gasteiger partial charge in [-0.15, -0.1) is 0 Å². The van der Waals surface area contributed by atoms with E-state index in [0.29, 0.717) is 6.04 Å². The molecule has 1 saturated heterocycles. The van der Waals surface area contributed by atoms with Gasteiger partial charge >= 0.3 is 0 Å². The average Bonchev–Trinajstić information content (AvgIpc) is 2.80. The third-order valence-corrected chi connectivity index (χ3v) is 3.69. The number of anilines is 1. The predicted octanol–water partition coefficient (Wildman–Crippen LogP) is 2.40. The Balaban J connectivity index is 1.68. The number of rotatable bonds is 2. The molecule has 1 fully saturated rings. The first-order chi connectivity index (χ1) is 9.42. The minimum absolute atomic E-state index is 0.555. The summed E-state index contributed by atoms with van der Waals surface area (Å²) in [6.07, 6.45) is 4.59. The molecule has 2 N–H and O–H groups in total. The normalized spacial score (nSPS) is 23.3. The first-order valence-electron chi connectivity index (χ1n) is 7.29. The number of hydrogen-bond acceptors (Lipinski definition) is 4. The van der Waals surface area contributed by atoms with Crippen molar-refractivity contribution in [3.05, 3.63) is 18.2 Å². The topological polar surface area (TPSA) is 42.5 Å². The molecule has 0 spiro atoms. The van der Waals surface area contributed by atoms with Crippen LogP contribution < -0.4 is 20.1 Å². The summed E-state index contributed by atoms with van der Waals surface area (Å²) in [5, 5.41) is 7.05. The Morgan fingerprint density at radius 2 is 1.89 bits per heavy atom. The fraction of sp³-hybridized carbons (Fsp3) is 0.600. The van der Waals surface area contributed by atoms with E-state index in [1.165, 1.54) is 19.3 Å². The van der Waals surface area contributed by atoms with Crippen molar-refractivity contribution in [3.63, 3.8) is 0 Å². The number of nitrogens with one attached hydrogen (secondary N) is 2. The van der Waals surface area contributed by atoms with Gasteiger partial charge < -0.3 is 20.1 Å². The average molecular weight is 262 g/mol. The smallest absolute Gasteiger partial charge is 0.163 e. The Kier molecular flexibility index (Phi) is 4.08. The van der Waals surface area contributed by atoms with Crippen LogP contribution in [0.4, 0.5) is 5.69 Å². The first-order valence-corrected chi connectivity index (χ1v) is 7.29. The van der Waals surface area contributed by atoms with E-state index in [1.807, 2.05) is 6.07 Å². The van der Waals surface area contributed by atoms with E-state index in [9.17, 15) is 0 Å². The van der Waals surface area contributed by atoms with E-state index in [2.05, 4.69) is 22.8 Å². The molecule has 4 heteroatoms. The summed E-state index contributed by atoms with van der Waals surface area (Å²) in [4.78, 5) is 0. The fourth-order valence-corrected chi connectivity index (χ4v) is 2.65. The van der Waals surface area contributed by atoms with Gasteiger partial charge in [-0.05, 0) is 44.5 Å². The fourth-order valence-electron chi connectivity index (χ4n) is 2.65. The molecule has 1 aromatic rings. The van der Waals surface area contributed by atoms with Crippen LogP contribution in [-0.4, -0.2) is 32.3 Å². The SMILES string of the molecule is c1cc2c(cc1NC1CCCNCC1)OCCCO2. The zero-order valence-corrected chi connectivity index (χ0v) is 11.3. The van der Waals surface area contributed by atoms with Crippen molar-refractivity contribution in [1.82, 2.24) is 5.32 Å². The molecular weight excluding hydrogens is 240 g/mol. The quantitative estimate of drug-likeness (QED) is 0.859. The minimum Gasteiger partial charge on any atom is -0.490 e. The van der Waals surface area contributed by atoms with Crippen LogP contribution in [0.25, 0.3) is 0 Å².